The molecule has 12 nitrogen and oxygen atoms in total. The number of fused-ring (bicyclic) bond motifs is 1. The number of amides is 1. The quantitative estimate of drug-likeness (QED) is 0.250. The van der Waals surface area contributed by atoms with Gasteiger partial charge in [-0.05, 0) is 50.6 Å². The molecule has 0 unspecified atom stereocenters. The molecule has 6 rings (SSSR count). The number of carbonyl (C=O) groups is 1. The maximum Gasteiger partial charge on any atom is 0.246 e. The summed E-state index contributed by atoms with van der Waals surface area (Å²) in [5, 5.41) is 21.9. The van der Waals surface area contributed by atoms with Crippen molar-refractivity contribution in [3.05, 3.63) is 60.6 Å². The molecule has 1 aliphatic carbocycles. The monoisotopic (exact) mass is 529 g/mol. The minimum atomic E-state index is 0.0507. The molecule has 2 aliphatic rings. The molecule has 0 bridgehead atoms. The van der Waals surface area contributed by atoms with Gasteiger partial charge >= 0.3 is 0 Å². The van der Waals surface area contributed by atoms with Gasteiger partial charge in [0.2, 0.25) is 5.91 Å². The number of pyridine rings is 1. The number of H-pyrrole nitrogens is 2. The lowest BCUT2D eigenvalue weighted by Crippen LogP contribution is -2.30. The summed E-state index contributed by atoms with van der Waals surface area (Å²) in [4.78, 5) is 21.2. The van der Waals surface area contributed by atoms with Crippen LogP contribution in [-0.4, -0.2) is 85.1 Å². The Morgan fingerprint density at radius 1 is 1.18 bits per heavy atom. The van der Waals surface area contributed by atoms with Crippen LogP contribution in [0.15, 0.2) is 54.9 Å². The van der Waals surface area contributed by atoms with Gasteiger partial charge in [0.15, 0.2) is 11.5 Å². The van der Waals surface area contributed by atoms with Crippen molar-refractivity contribution in [1.82, 2.24) is 40.4 Å². The van der Waals surface area contributed by atoms with E-state index in [9.17, 15) is 4.79 Å². The van der Waals surface area contributed by atoms with Crippen molar-refractivity contribution in [2.75, 3.05) is 32.0 Å². The summed E-state index contributed by atoms with van der Waals surface area (Å²) in [5.41, 5.74) is 1.41. The maximum atomic E-state index is 12.7. The molecule has 39 heavy (non-hydrogen) atoms. The van der Waals surface area contributed by atoms with Crippen molar-refractivity contribution in [1.29, 1.82) is 0 Å². The SMILES string of the molecule is CN(C/C=C/C(=O)N1CC[C@@H](Nc2n[nH]c3nccc(Oc4ccc(OCc5cnn[nH]5)cc4)c23)C1)C1CC1. The average molecular weight is 530 g/mol. The molecule has 202 valence electrons. The van der Waals surface area contributed by atoms with Gasteiger partial charge in [0.05, 0.1) is 11.9 Å². The normalized spacial score (nSPS) is 17.4. The Bertz CT molecular complexity index is 1430. The predicted octanol–water partition coefficient (Wildman–Crippen LogP) is 3.11. The smallest absolute Gasteiger partial charge is 0.246 e. The number of ether oxygens (including phenoxy) is 2. The fourth-order valence-corrected chi connectivity index (χ4v) is 4.66. The lowest BCUT2D eigenvalue weighted by atomic mass is 10.2. The van der Waals surface area contributed by atoms with E-state index in [1.807, 2.05) is 41.3 Å². The number of likely N-dealkylation sites (N-methyl/N-ethyl adjacent to an activating group) is 1. The molecule has 0 spiro atoms. The highest BCUT2D eigenvalue weighted by Crippen LogP contribution is 2.34. The Morgan fingerprint density at radius 3 is 2.82 bits per heavy atom. The summed E-state index contributed by atoms with van der Waals surface area (Å²) < 4.78 is 11.9. The van der Waals surface area contributed by atoms with Crippen LogP contribution in [0.25, 0.3) is 11.0 Å². The van der Waals surface area contributed by atoms with Crippen molar-refractivity contribution in [2.45, 2.75) is 38.0 Å². The number of carbonyl (C=O) groups excluding carboxylic acids is 1. The van der Waals surface area contributed by atoms with Crippen molar-refractivity contribution >= 4 is 22.8 Å². The number of likely N-dealkylation sites (tertiary alicyclic amines) is 1. The Kier molecular flexibility index (Phi) is 7.09. The van der Waals surface area contributed by atoms with Crippen LogP contribution >= 0.6 is 0 Å². The Hall–Kier alpha value is -4.45. The lowest BCUT2D eigenvalue weighted by molar-refractivity contribution is -0.125. The van der Waals surface area contributed by atoms with Crippen LogP contribution in [0, 0.1) is 0 Å². The summed E-state index contributed by atoms with van der Waals surface area (Å²) in [6.07, 6.45) is 10.3. The van der Waals surface area contributed by atoms with Crippen molar-refractivity contribution in [2.24, 2.45) is 0 Å². The number of anilines is 1. The van der Waals surface area contributed by atoms with E-state index in [-0.39, 0.29) is 11.9 Å². The fraction of sp³-hybridized carbons (Fsp3) is 0.370. The van der Waals surface area contributed by atoms with E-state index in [4.69, 9.17) is 9.47 Å². The van der Waals surface area contributed by atoms with Gasteiger partial charge in [0.25, 0.3) is 0 Å². The van der Waals surface area contributed by atoms with E-state index in [2.05, 4.69) is 47.9 Å². The van der Waals surface area contributed by atoms with Gasteiger partial charge in [-0.2, -0.15) is 5.10 Å². The first-order valence-electron chi connectivity index (χ1n) is 13.1. The molecule has 1 saturated heterocycles. The summed E-state index contributed by atoms with van der Waals surface area (Å²) in [6, 6.07) is 9.95. The number of nitrogens with one attached hydrogen (secondary N) is 3. The molecular weight excluding hydrogens is 498 g/mol. The number of hydrogen-bond acceptors (Lipinski definition) is 9. The third-order valence-corrected chi connectivity index (χ3v) is 7.00. The van der Waals surface area contributed by atoms with Gasteiger partial charge < -0.3 is 19.7 Å². The highest BCUT2D eigenvalue weighted by molar-refractivity contribution is 5.93. The summed E-state index contributed by atoms with van der Waals surface area (Å²) in [7, 11) is 2.11. The maximum absolute atomic E-state index is 12.7. The zero-order valence-corrected chi connectivity index (χ0v) is 21.7. The van der Waals surface area contributed by atoms with Gasteiger partial charge in [-0.15, -0.1) is 5.10 Å². The van der Waals surface area contributed by atoms with Crippen molar-refractivity contribution in [3.63, 3.8) is 0 Å². The summed E-state index contributed by atoms with van der Waals surface area (Å²) in [5.74, 6) is 2.69. The molecule has 1 amide bonds. The molecule has 4 heterocycles. The predicted molar refractivity (Wildman–Crippen MR) is 145 cm³/mol. The zero-order valence-electron chi connectivity index (χ0n) is 21.7. The first-order valence-corrected chi connectivity index (χ1v) is 13.1. The van der Waals surface area contributed by atoms with Crippen LogP contribution in [0.2, 0.25) is 0 Å². The van der Waals surface area contributed by atoms with E-state index < -0.39 is 0 Å². The second-order valence-electron chi connectivity index (χ2n) is 9.94. The Morgan fingerprint density at radius 2 is 2.03 bits per heavy atom. The molecule has 1 aromatic carbocycles. The number of benzene rings is 1. The third kappa shape index (κ3) is 6.01. The first kappa shape index (κ1) is 24.9. The molecule has 1 saturated carbocycles. The molecule has 2 fully saturated rings. The molecule has 12 heteroatoms. The zero-order chi connectivity index (χ0) is 26.6. The van der Waals surface area contributed by atoms with Gasteiger partial charge in [-0.1, -0.05) is 11.3 Å². The van der Waals surface area contributed by atoms with Crippen molar-refractivity contribution in [3.8, 4) is 17.2 Å². The summed E-state index contributed by atoms with van der Waals surface area (Å²) in [6.45, 7) is 2.47. The highest BCUT2D eigenvalue weighted by Gasteiger charge is 2.27. The number of aromatic amines is 2. The summed E-state index contributed by atoms with van der Waals surface area (Å²) >= 11 is 0. The largest absolute Gasteiger partial charge is 0.487 e. The van der Waals surface area contributed by atoms with Gasteiger partial charge in [-0.25, -0.2) is 4.98 Å². The van der Waals surface area contributed by atoms with Crippen LogP contribution in [-0.2, 0) is 11.4 Å². The first-order chi connectivity index (χ1) is 19.1. The molecule has 3 aromatic heterocycles. The molecule has 3 N–H and O–H groups in total. The minimum absolute atomic E-state index is 0.0507. The number of nitrogens with zero attached hydrogens (tertiary/aromatic N) is 6. The van der Waals surface area contributed by atoms with Crippen LogP contribution in [0.4, 0.5) is 5.82 Å². The van der Waals surface area contributed by atoms with Gasteiger partial charge in [0.1, 0.15) is 29.2 Å². The second kappa shape index (κ2) is 11.1. The second-order valence-corrected chi connectivity index (χ2v) is 9.94. The highest BCUT2D eigenvalue weighted by atomic mass is 16.5. The standard InChI is InChI=1S/C27H31N9O3/c1-35(20-4-5-20)13-2-3-24(37)36-14-11-18(16-36)30-27-25-23(10-12-28-26(25)32-33-27)39-22-8-6-21(7-9-22)38-17-19-15-29-34-31-19/h2-3,6-10,12,15,18,20H,4-5,11,13-14,16-17H2,1H3,(H,29,31,34)(H2,28,30,32,33)/b3-2+/t18-/m1/s1. The van der Waals surface area contributed by atoms with Crippen LogP contribution in [0.3, 0.4) is 0 Å². The Labute approximate surface area is 225 Å². The Balaban J connectivity index is 1.07. The van der Waals surface area contributed by atoms with E-state index in [0.29, 0.717) is 54.5 Å². The third-order valence-electron chi connectivity index (χ3n) is 7.00. The van der Waals surface area contributed by atoms with E-state index in [0.717, 1.165) is 24.0 Å². The fourth-order valence-electron chi connectivity index (χ4n) is 4.66. The van der Waals surface area contributed by atoms with Crippen LogP contribution in [0.1, 0.15) is 25.0 Å². The van der Waals surface area contributed by atoms with Gasteiger partial charge in [0, 0.05) is 50.1 Å². The van der Waals surface area contributed by atoms with Crippen LogP contribution in [0.5, 0.6) is 17.2 Å². The van der Waals surface area contributed by atoms with E-state index in [1.165, 1.54) is 12.8 Å². The number of rotatable bonds is 11. The topological polar surface area (TPSA) is 137 Å². The number of hydrogen-bond donors (Lipinski definition) is 3. The lowest BCUT2D eigenvalue weighted by Gasteiger charge is -2.16. The van der Waals surface area contributed by atoms with E-state index >= 15 is 0 Å². The van der Waals surface area contributed by atoms with Crippen LogP contribution < -0.4 is 14.8 Å². The number of aromatic nitrogens is 6. The minimum Gasteiger partial charge on any atom is -0.487 e. The molecule has 1 aliphatic heterocycles. The van der Waals surface area contributed by atoms with E-state index in [1.54, 1.807) is 18.5 Å². The van der Waals surface area contributed by atoms with Gasteiger partial charge in [-0.3, -0.25) is 19.9 Å². The molecule has 1 atom stereocenters. The molecular formula is C27H31N9O3. The molecule has 0 radical (unpaired) electrons. The average Bonchev–Trinajstić information content (AvgIpc) is 3.30. The van der Waals surface area contributed by atoms with Crippen molar-refractivity contribution < 1.29 is 14.3 Å². The molecule has 4 aromatic rings.